The first kappa shape index (κ1) is 11.8. The van der Waals surface area contributed by atoms with Crippen LogP contribution in [0.2, 0.25) is 0 Å². The number of hydrogen-bond acceptors (Lipinski definition) is 5. The van der Waals surface area contributed by atoms with Crippen LogP contribution in [0.25, 0.3) is 0 Å². The molecule has 1 aromatic rings. The highest BCUT2D eigenvalue weighted by Gasteiger charge is 2.09. The van der Waals surface area contributed by atoms with E-state index in [-0.39, 0.29) is 0 Å². The van der Waals surface area contributed by atoms with E-state index in [1.54, 1.807) is 18.3 Å². The van der Waals surface area contributed by atoms with Gasteiger partial charge in [0.15, 0.2) is 5.13 Å². The molecule has 0 aromatic carbocycles. The fourth-order valence-electron chi connectivity index (χ4n) is 0.967. The van der Waals surface area contributed by atoms with Crippen molar-refractivity contribution in [3.05, 3.63) is 11.1 Å². The number of nitrogens with zero attached hydrogens (tertiary/aromatic N) is 2. The van der Waals surface area contributed by atoms with Crippen LogP contribution in [-0.4, -0.2) is 35.7 Å². The van der Waals surface area contributed by atoms with E-state index in [0.29, 0.717) is 0 Å². The predicted molar refractivity (Wildman–Crippen MR) is 64.4 cm³/mol. The summed E-state index contributed by atoms with van der Waals surface area (Å²) >= 11 is 3.41. The van der Waals surface area contributed by atoms with E-state index in [2.05, 4.69) is 16.1 Å². The molecule has 0 aliphatic heterocycles. The van der Waals surface area contributed by atoms with E-state index in [9.17, 15) is 5.11 Å². The molecule has 14 heavy (non-hydrogen) atoms. The van der Waals surface area contributed by atoms with Crippen molar-refractivity contribution in [2.75, 3.05) is 30.5 Å². The SMILES string of the molecule is CSCCN(C)c1nc(C(C)O)cs1. The number of rotatable bonds is 5. The lowest BCUT2D eigenvalue weighted by molar-refractivity contribution is 0.195. The summed E-state index contributed by atoms with van der Waals surface area (Å²) in [6, 6.07) is 0. The Kier molecular flexibility index (Phi) is 4.71. The second-order valence-electron chi connectivity index (χ2n) is 3.15. The fraction of sp³-hybridized carbons (Fsp3) is 0.667. The first-order chi connectivity index (χ1) is 6.65. The third-order valence-corrected chi connectivity index (χ3v) is 3.46. The summed E-state index contributed by atoms with van der Waals surface area (Å²) in [5.74, 6) is 1.10. The second kappa shape index (κ2) is 5.58. The van der Waals surface area contributed by atoms with Gasteiger partial charge in [-0.25, -0.2) is 4.98 Å². The minimum Gasteiger partial charge on any atom is -0.387 e. The molecule has 0 fully saturated rings. The van der Waals surface area contributed by atoms with Crippen LogP contribution in [0, 0.1) is 0 Å². The summed E-state index contributed by atoms with van der Waals surface area (Å²) in [4.78, 5) is 6.47. The zero-order valence-electron chi connectivity index (χ0n) is 8.73. The van der Waals surface area contributed by atoms with Gasteiger partial charge in [-0.2, -0.15) is 11.8 Å². The Bertz CT molecular complexity index is 276. The minimum absolute atomic E-state index is 0.464. The maximum Gasteiger partial charge on any atom is 0.185 e. The summed E-state index contributed by atoms with van der Waals surface area (Å²) in [7, 11) is 2.03. The molecular weight excluding hydrogens is 216 g/mol. The standard InChI is InChI=1S/C9H16N2OS2/c1-7(12)8-6-14-9(10-8)11(2)4-5-13-3/h6-7,12H,4-5H2,1-3H3. The van der Waals surface area contributed by atoms with Gasteiger partial charge in [-0.05, 0) is 13.2 Å². The van der Waals surface area contributed by atoms with E-state index in [1.165, 1.54) is 0 Å². The second-order valence-corrected chi connectivity index (χ2v) is 4.97. The Morgan fingerprint density at radius 2 is 2.43 bits per heavy atom. The molecule has 0 saturated heterocycles. The van der Waals surface area contributed by atoms with Crippen LogP contribution in [0.3, 0.4) is 0 Å². The number of anilines is 1. The molecule has 1 heterocycles. The molecule has 0 saturated carbocycles. The van der Waals surface area contributed by atoms with Gasteiger partial charge in [-0.3, -0.25) is 0 Å². The topological polar surface area (TPSA) is 36.4 Å². The van der Waals surface area contributed by atoms with Crippen LogP contribution < -0.4 is 4.90 Å². The largest absolute Gasteiger partial charge is 0.387 e. The maximum absolute atomic E-state index is 9.32. The van der Waals surface area contributed by atoms with Gasteiger partial charge in [-0.1, -0.05) is 0 Å². The van der Waals surface area contributed by atoms with Crippen molar-refractivity contribution in [1.82, 2.24) is 4.98 Å². The monoisotopic (exact) mass is 232 g/mol. The molecule has 0 radical (unpaired) electrons. The normalized spacial score (nSPS) is 12.9. The van der Waals surface area contributed by atoms with Gasteiger partial charge in [0.05, 0.1) is 11.8 Å². The molecular formula is C9H16N2OS2. The lowest BCUT2D eigenvalue weighted by Crippen LogP contribution is -2.19. The van der Waals surface area contributed by atoms with Crippen LogP contribution in [0.5, 0.6) is 0 Å². The number of hydrogen-bond donors (Lipinski definition) is 1. The Morgan fingerprint density at radius 3 is 2.93 bits per heavy atom. The highest BCUT2D eigenvalue weighted by molar-refractivity contribution is 7.98. The molecule has 3 nitrogen and oxygen atoms in total. The van der Waals surface area contributed by atoms with Gasteiger partial charge >= 0.3 is 0 Å². The van der Waals surface area contributed by atoms with Gasteiger partial charge in [0.25, 0.3) is 0 Å². The first-order valence-corrected chi connectivity index (χ1v) is 6.76. The smallest absolute Gasteiger partial charge is 0.185 e. The molecule has 1 rings (SSSR count). The van der Waals surface area contributed by atoms with Gasteiger partial charge < -0.3 is 10.0 Å². The van der Waals surface area contributed by atoms with Crippen LogP contribution >= 0.6 is 23.1 Å². The zero-order valence-corrected chi connectivity index (χ0v) is 10.4. The molecule has 1 atom stereocenters. The molecule has 1 N–H and O–H groups in total. The Labute approximate surface area is 93.2 Å². The molecule has 0 spiro atoms. The average Bonchev–Trinajstić information content (AvgIpc) is 2.62. The summed E-state index contributed by atoms with van der Waals surface area (Å²) in [5.41, 5.74) is 0.765. The van der Waals surface area contributed by atoms with Crippen LogP contribution in [0.1, 0.15) is 18.7 Å². The molecule has 1 aromatic heterocycles. The van der Waals surface area contributed by atoms with Crippen LogP contribution in [0.4, 0.5) is 5.13 Å². The van der Waals surface area contributed by atoms with E-state index in [0.717, 1.165) is 23.1 Å². The van der Waals surface area contributed by atoms with Crippen molar-refractivity contribution < 1.29 is 5.11 Å². The fourth-order valence-corrected chi connectivity index (χ4v) is 2.33. The van der Waals surface area contributed by atoms with Gasteiger partial charge in [0.2, 0.25) is 0 Å². The van der Waals surface area contributed by atoms with E-state index in [4.69, 9.17) is 0 Å². The number of thioether (sulfide) groups is 1. The highest BCUT2D eigenvalue weighted by Crippen LogP contribution is 2.22. The first-order valence-electron chi connectivity index (χ1n) is 4.48. The molecule has 80 valence electrons. The highest BCUT2D eigenvalue weighted by atomic mass is 32.2. The summed E-state index contributed by atoms with van der Waals surface area (Å²) in [6.07, 6.45) is 1.63. The van der Waals surface area contributed by atoms with Crippen molar-refractivity contribution in [1.29, 1.82) is 0 Å². The van der Waals surface area contributed by atoms with Gasteiger partial charge in [0, 0.05) is 24.7 Å². The van der Waals surface area contributed by atoms with Crippen molar-refractivity contribution in [2.45, 2.75) is 13.0 Å². The van der Waals surface area contributed by atoms with Crippen molar-refractivity contribution >= 4 is 28.2 Å². The molecule has 0 aliphatic carbocycles. The van der Waals surface area contributed by atoms with Crippen molar-refractivity contribution in [3.8, 4) is 0 Å². The molecule has 1 unspecified atom stereocenters. The Balaban J connectivity index is 2.57. The average molecular weight is 232 g/mol. The Morgan fingerprint density at radius 1 is 1.71 bits per heavy atom. The van der Waals surface area contributed by atoms with Gasteiger partial charge in [-0.15, -0.1) is 11.3 Å². The molecule has 0 amide bonds. The summed E-state index contributed by atoms with van der Waals surface area (Å²) in [6.45, 7) is 2.73. The zero-order chi connectivity index (χ0) is 10.6. The van der Waals surface area contributed by atoms with E-state index < -0.39 is 6.10 Å². The lowest BCUT2D eigenvalue weighted by Gasteiger charge is -2.14. The predicted octanol–water partition coefficient (Wildman–Crippen LogP) is 2.00. The minimum atomic E-state index is -0.464. The van der Waals surface area contributed by atoms with E-state index >= 15 is 0 Å². The lowest BCUT2D eigenvalue weighted by atomic mass is 10.3. The number of aliphatic hydroxyl groups excluding tert-OH is 1. The molecule has 0 aliphatic rings. The number of aliphatic hydroxyl groups is 1. The summed E-state index contributed by atoms with van der Waals surface area (Å²) < 4.78 is 0. The van der Waals surface area contributed by atoms with Crippen molar-refractivity contribution in [3.63, 3.8) is 0 Å². The van der Waals surface area contributed by atoms with Gasteiger partial charge in [0.1, 0.15) is 0 Å². The van der Waals surface area contributed by atoms with E-state index in [1.807, 2.05) is 24.2 Å². The van der Waals surface area contributed by atoms with Crippen LogP contribution in [0.15, 0.2) is 5.38 Å². The quantitative estimate of drug-likeness (QED) is 0.842. The third-order valence-electron chi connectivity index (χ3n) is 1.90. The maximum atomic E-state index is 9.32. The number of aromatic nitrogens is 1. The number of thiazole rings is 1. The van der Waals surface area contributed by atoms with Crippen molar-refractivity contribution in [2.24, 2.45) is 0 Å². The third kappa shape index (κ3) is 3.15. The Hall–Kier alpha value is -0.260. The molecule has 0 bridgehead atoms. The van der Waals surface area contributed by atoms with Crippen LogP contribution in [-0.2, 0) is 0 Å². The summed E-state index contributed by atoms with van der Waals surface area (Å²) in [5, 5.41) is 12.2. The molecule has 5 heteroatoms.